The lowest BCUT2D eigenvalue weighted by molar-refractivity contribution is -0.255. The van der Waals surface area contributed by atoms with Crippen LogP contribution in [-0.2, 0) is 12.2 Å². The number of rotatable bonds is 6. The van der Waals surface area contributed by atoms with E-state index >= 15 is 0 Å². The standard InChI is InChI=1S/C20H25N3O2S/c1-3-17-12-18(23-11-5-4-6-14(23)2)22-20(21-17)26-13-15-7-9-16(10-8-15)19(24)25/h7-10,12,14H,3-6,11,13H2,1-2H3,(H,24,25)/p-1/t14-/m0/s1. The summed E-state index contributed by atoms with van der Waals surface area (Å²) in [6.07, 6.45) is 4.58. The summed E-state index contributed by atoms with van der Waals surface area (Å²) in [5.74, 6) is 0.581. The molecule has 2 aromatic rings. The first-order valence-electron chi connectivity index (χ1n) is 9.14. The fourth-order valence-electron chi connectivity index (χ4n) is 3.18. The highest BCUT2D eigenvalue weighted by atomic mass is 32.2. The van der Waals surface area contributed by atoms with Gasteiger partial charge in [0.1, 0.15) is 5.82 Å². The number of carbonyl (C=O) groups excluding carboxylic acids is 1. The van der Waals surface area contributed by atoms with Crippen molar-refractivity contribution >= 4 is 23.5 Å². The minimum absolute atomic E-state index is 0.198. The first-order chi connectivity index (χ1) is 12.6. The average molecular weight is 370 g/mol. The summed E-state index contributed by atoms with van der Waals surface area (Å²) >= 11 is 1.58. The van der Waals surface area contributed by atoms with Crippen molar-refractivity contribution in [1.82, 2.24) is 9.97 Å². The van der Waals surface area contributed by atoms with Gasteiger partial charge in [-0.25, -0.2) is 9.97 Å². The first kappa shape index (κ1) is 18.7. The number of hydrogen-bond donors (Lipinski definition) is 0. The third kappa shape index (κ3) is 4.55. The van der Waals surface area contributed by atoms with Gasteiger partial charge in [0.2, 0.25) is 0 Å². The number of thioether (sulfide) groups is 1. The Morgan fingerprint density at radius 3 is 2.69 bits per heavy atom. The van der Waals surface area contributed by atoms with Crippen molar-refractivity contribution in [1.29, 1.82) is 0 Å². The number of carboxylic acids is 1. The van der Waals surface area contributed by atoms with Crippen LogP contribution in [0.3, 0.4) is 0 Å². The van der Waals surface area contributed by atoms with Gasteiger partial charge in [-0.1, -0.05) is 43.0 Å². The van der Waals surface area contributed by atoms with Crippen molar-refractivity contribution in [2.75, 3.05) is 11.4 Å². The fourth-order valence-corrected chi connectivity index (χ4v) is 4.00. The molecule has 26 heavy (non-hydrogen) atoms. The van der Waals surface area contributed by atoms with Crippen molar-refractivity contribution in [3.05, 3.63) is 47.2 Å². The van der Waals surface area contributed by atoms with Crippen molar-refractivity contribution in [2.45, 2.75) is 56.5 Å². The molecule has 5 nitrogen and oxygen atoms in total. The Hall–Kier alpha value is -2.08. The van der Waals surface area contributed by atoms with Gasteiger partial charge in [0.15, 0.2) is 5.16 Å². The molecule has 0 saturated carbocycles. The van der Waals surface area contributed by atoms with E-state index in [1.165, 1.54) is 19.3 Å². The summed E-state index contributed by atoms with van der Waals surface area (Å²) in [5, 5.41) is 11.6. The highest BCUT2D eigenvalue weighted by molar-refractivity contribution is 7.98. The third-order valence-corrected chi connectivity index (χ3v) is 5.68. The van der Waals surface area contributed by atoms with E-state index in [1.54, 1.807) is 23.9 Å². The van der Waals surface area contributed by atoms with Gasteiger partial charge in [0.25, 0.3) is 0 Å². The topological polar surface area (TPSA) is 69.2 Å². The van der Waals surface area contributed by atoms with Crippen LogP contribution in [0.1, 0.15) is 54.7 Å². The maximum atomic E-state index is 10.8. The molecule has 1 fully saturated rings. The van der Waals surface area contributed by atoms with Crippen LogP contribution in [0.2, 0.25) is 0 Å². The van der Waals surface area contributed by atoms with Crippen molar-refractivity contribution in [3.63, 3.8) is 0 Å². The molecule has 6 heteroatoms. The second-order valence-electron chi connectivity index (χ2n) is 6.66. The van der Waals surface area contributed by atoms with E-state index in [2.05, 4.69) is 29.8 Å². The maximum Gasteiger partial charge on any atom is 0.190 e. The number of aromatic carboxylic acids is 1. The highest BCUT2D eigenvalue weighted by Gasteiger charge is 2.20. The van der Waals surface area contributed by atoms with Gasteiger partial charge in [0, 0.05) is 30.1 Å². The second-order valence-corrected chi connectivity index (χ2v) is 7.61. The number of nitrogens with zero attached hydrogens (tertiary/aromatic N) is 3. The monoisotopic (exact) mass is 370 g/mol. The summed E-state index contributed by atoms with van der Waals surface area (Å²) in [5.41, 5.74) is 2.30. The first-order valence-corrected chi connectivity index (χ1v) is 10.1. The molecule has 1 atom stereocenters. The molecule has 3 rings (SSSR count). The third-order valence-electron chi connectivity index (χ3n) is 4.76. The lowest BCUT2D eigenvalue weighted by atomic mass is 10.0. The number of aromatic nitrogens is 2. The number of aryl methyl sites for hydroxylation is 1. The van der Waals surface area contributed by atoms with Gasteiger partial charge < -0.3 is 14.8 Å². The lowest BCUT2D eigenvalue weighted by Gasteiger charge is -2.34. The van der Waals surface area contributed by atoms with Gasteiger partial charge in [-0.3, -0.25) is 0 Å². The maximum absolute atomic E-state index is 10.8. The molecule has 1 aromatic carbocycles. The summed E-state index contributed by atoms with van der Waals surface area (Å²) in [6.45, 7) is 5.42. The SMILES string of the molecule is CCc1cc(N2CCCC[C@@H]2C)nc(SCc2ccc(C(=O)[O-])cc2)n1. The van der Waals surface area contributed by atoms with Crippen LogP contribution in [-0.4, -0.2) is 28.5 Å². The van der Waals surface area contributed by atoms with E-state index in [0.717, 1.165) is 35.2 Å². The van der Waals surface area contributed by atoms with Crippen LogP contribution in [0.5, 0.6) is 0 Å². The lowest BCUT2D eigenvalue weighted by Crippen LogP contribution is -2.38. The molecular formula is C20H24N3O2S-. The van der Waals surface area contributed by atoms with Crippen LogP contribution in [0, 0.1) is 0 Å². The molecule has 0 spiro atoms. The minimum Gasteiger partial charge on any atom is -0.545 e. The van der Waals surface area contributed by atoms with Gasteiger partial charge in [-0.15, -0.1) is 0 Å². The summed E-state index contributed by atoms with van der Waals surface area (Å²) in [4.78, 5) is 22.7. The molecule has 138 valence electrons. The van der Waals surface area contributed by atoms with E-state index in [4.69, 9.17) is 4.98 Å². The number of carbonyl (C=O) groups is 1. The summed E-state index contributed by atoms with van der Waals surface area (Å²) in [7, 11) is 0. The molecule has 1 aliphatic rings. The number of anilines is 1. The second kappa shape index (κ2) is 8.54. The van der Waals surface area contributed by atoms with E-state index in [0.29, 0.717) is 11.8 Å². The van der Waals surface area contributed by atoms with Crippen molar-refractivity contribution < 1.29 is 9.90 Å². The normalized spacial score (nSPS) is 17.3. The largest absolute Gasteiger partial charge is 0.545 e. The van der Waals surface area contributed by atoms with E-state index in [-0.39, 0.29) is 5.56 Å². The predicted molar refractivity (Wildman–Crippen MR) is 102 cm³/mol. The Kier molecular flexibility index (Phi) is 6.14. The average Bonchev–Trinajstić information content (AvgIpc) is 2.66. The predicted octanol–water partition coefficient (Wildman–Crippen LogP) is 3.07. The molecule has 0 unspecified atom stereocenters. The molecule has 0 N–H and O–H groups in total. The molecule has 1 aliphatic heterocycles. The number of hydrogen-bond acceptors (Lipinski definition) is 6. The Balaban J connectivity index is 1.74. The Labute approximate surface area is 158 Å². The number of benzene rings is 1. The van der Waals surface area contributed by atoms with E-state index < -0.39 is 5.97 Å². The van der Waals surface area contributed by atoms with E-state index in [9.17, 15) is 9.90 Å². The Morgan fingerprint density at radius 2 is 2.04 bits per heavy atom. The van der Waals surface area contributed by atoms with Crippen LogP contribution in [0.4, 0.5) is 5.82 Å². The van der Waals surface area contributed by atoms with Crippen LogP contribution in [0.15, 0.2) is 35.5 Å². The van der Waals surface area contributed by atoms with E-state index in [1.807, 2.05) is 12.1 Å². The molecule has 0 radical (unpaired) electrons. The van der Waals surface area contributed by atoms with Crippen LogP contribution < -0.4 is 10.0 Å². The highest BCUT2D eigenvalue weighted by Crippen LogP contribution is 2.27. The molecule has 0 aliphatic carbocycles. The zero-order valence-electron chi connectivity index (χ0n) is 15.3. The summed E-state index contributed by atoms with van der Waals surface area (Å²) in [6, 6.07) is 9.41. The molecule has 0 bridgehead atoms. The smallest absolute Gasteiger partial charge is 0.190 e. The fraction of sp³-hybridized carbons (Fsp3) is 0.450. The zero-order valence-corrected chi connectivity index (χ0v) is 16.1. The molecule has 1 saturated heterocycles. The quantitative estimate of drug-likeness (QED) is 0.575. The van der Waals surface area contributed by atoms with Crippen molar-refractivity contribution in [2.24, 2.45) is 0 Å². The van der Waals surface area contributed by atoms with Crippen molar-refractivity contribution in [3.8, 4) is 0 Å². The zero-order chi connectivity index (χ0) is 18.5. The molecule has 2 heterocycles. The van der Waals surface area contributed by atoms with Crippen LogP contribution >= 0.6 is 11.8 Å². The van der Waals surface area contributed by atoms with Crippen LogP contribution in [0.25, 0.3) is 0 Å². The van der Waals surface area contributed by atoms with Gasteiger partial charge in [0.05, 0.1) is 5.97 Å². The summed E-state index contributed by atoms with van der Waals surface area (Å²) < 4.78 is 0. The van der Waals surface area contributed by atoms with Gasteiger partial charge in [-0.2, -0.15) is 0 Å². The molecular weight excluding hydrogens is 346 g/mol. The number of carboxylic acid groups (broad SMARTS) is 1. The van der Waals surface area contributed by atoms with Gasteiger partial charge in [-0.05, 0) is 43.7 Å². The Bertz CT molecular complexity index is 764. The molecule has 1 aromatic heterocycles. The minimum atomic E-state index is -1.15. The van der Waals surface area contributed by atoms with Gasteiger partial charge >= 0.3 is 0 Å². The molecule has 0 amide bonds. The number of piperidine rings is 1. The Morgan fingerprint density at radius 1 is 1.27 bits per heavy atom.